The van der Waals surface area contributed by atoms with Crippen molar-refractivity contribution in [3.63, 3.8) is 0 Å². The maximum Gasteiger partial charge on any atom is 0.223 e. The van der Waals surface area contributed by atoms with Gasteiger partial charge in [-0.1, -0.05) is 0 Å². The predicted molar refractivity (Wildman–Crippen MR) is 93.1 cm³/mol. The number of amides is 1. The van der Waals surface area contributed by atoms with Gasteiger partial charge >= 0.3 is 0 Å². The fourth-order valence-corrected chi connectivity index (χ4v) is 5.09. The van der Waals surface area contributed by atoms with Gasteiger partial charge in [-0.2, -0.15) is 0 Å². The Kier molecular flexibility index (Phi) is 4.12. The number of halogens is 1. The highest BCUT2D eigenvalue weighted by Crippen LogP contribution is 2.40. The first kappa shape index (κ1) is 15.7. The molecule has 0 N–H and O–H groups in total. The molecule has 2 aromatic heterocycles. The summed E-state index contributed by atoms with van der Waals surface area (Å²) in [6.07, 6.45) is 5.87. The van der Waals surface area contributed by atoms with Gasteiger partial charge in [-0.05, 0) is 37.1 Å². The Morgan fingerprint density at radius 2 is 2.17 bits per heavy atom. The van der Waals surface area contributed by atoms with Crippen LogP contribution in [-0.2, 0) is 4.79 Å². The molecule has 4 rings (SSSR count). The minimum absolute atomic E-state index is 0.115. The molecule has 1 spiro atoms. The highest BCUT2D eigenvalue weighted by Gasteiger charge is 2.45. The minimum atomic E-state index is -0.459. The Balaban J connectivity index is 1.58. The van der Waals surface area contributed by atoms with E-state index in [0.717, 1.165) is 54.8 Å². The van der Waals surface area contributed by atoms with E-state index in [1.54, 1.807) is 17.7 Å². The lowest BCUT2D eigenvalue weighted by Crippen LogP contribution is -2.47. The molecule has 0 bridgehead atoms. The van der Waals surface area contributed by atoms with Crippen molar-refractivity contribution in [3.05, 3.63) is 17.8 Å². The monoisotopic (exact) mass is 348 g/mol. The maximum absolute atomic E-state index is 12.9. The van der Waals surface area contributed by atoms with Gasteiger partial charge in [-0.25, -0.2) is 14.4 Å². The molecule has 2 saturated heterocycles. The number of anilines is 1. The van der Waals surface area contributed by atoms with Crippen molar-refractivity contribution < 1.29 is 9.18 Å². The van der Waals surface area contributed by atoms with E-state index in [9.17, 15) is 9.18 Å². The smallest absolute Gasteiger partial charge is 0.223 e. The second kappa shape index (κ2) is 6.27. The minimum Gasteiger partial charge on any atom is -0.355 e. The topological polar surface area (TPSA) is 49.3 Å². The lowest BCUT2D eigenvalue weighted by Gasteiger charge is -2.37. The van der Waals surface area contributed by atoms with Gasteiger partial charge in [0.25, 0.3) is 0 Å². The third-order valence-electron chi connectivity index (χ3n) is 5.43. The Morgan fingerprint density at radius 3 is 3.04 bits per heavy atom. The number of carbonyl (C=O) groups is 1. The molecule has 24 heavy (non-hydrogen) atoms. The number of thiophene rings is 1. The van der Waals surface area contributed by atoms with Crippen LogP contribution < -0.4 is 4.90 Å². The molecule has 7 heteroatoms. The van der Waals surface area contributed by atoms with E-state index in [1.165, 1.54) is 0 Å². The molecule has 1 amide bonds. The standard InChI is InChI=1S/C17H21FN4OS/c18-7-10-22-14(23)2-5-17(22)4-1-8-21(9-6-17)16-15-13(3-11-24-15)19-12-20-16/h3,11-12H,1-2,4-10H2. The molecule has 0 saturated carbocycles. The molecule has 0 aromatic carbocycles. The summed E-state index contributed by atoms with van der Waals surface area (Å²) < 4.78 is 14.0. The summed E-state index contributed by atoms with van der Waals surface area (Å²) in [5.41, 5.74) is 0.832. The normalized spacial score (nSPS) is 25.0. The van der Waals surface area contributed by atoms with Crippen molar-refractivity contribution in [3.8, 4) is 0 Å². The second-order valence-electron chi connectivity index (χ2n) is 6.63. The van der Waals surface area contributed by atoms with Crippen LogP contribution in [0, 0.1) is 0 Å². The number of fused-ring (bicyclic) bond motifs is 1. The summed E-state index contributed by atoms with van der Waals surface area (Å²) >= 11 is 1.67. The van der Waals surface area contributed by atoms with E-state index < -0.39 is 6.67 Å². The number of alkyl halides is 1. The number of hydrogen-bond acceptors (Lipinski definition) is 5. The first-order valence-electron chi connectivity index (χ1n) is 8.53. The van der Waals surface area contributed by atoms with Gasteiger partial charge in [0.2, 0.25) is 5.91 Å². The Labute approximate surface area is 144 Å². The summed E-state index contributed by atoms with van der Waals surface area (Å²) in [5.74, 6) is 1.11. The van der Waals surface area contributed by atoms with Crippen molar-refractivity contribution in [2.75, 3.05) is 31.2 Å². The third-order valence-corrected chi connectivity index (χ3v) is 6.33. The Bertz CT molecular complexity index is 751. The fraction of sp³-hybridized carbons (Fsp3) is 0.588. The summed E-state index contributed by atoms with van der Waals surface area (Å²) in [7, 11) is 0. The van der Waals surface area contributed by atoms with Crippen LogP contribution in [0.1, 0.15) is 32.1 Å². The van der Waals surface area contributed by atoms with Gasteiger partial charge in [0.1, 0.15) is 18.8 Å². The molecule has 2 fully saturated rings. The highest BCUT2D eigenvalue weighted by molar-refractivity contribution is 7.17. The zero-order chi connectivity index (χ0) is 16.6. The summed E-state index contributed by atoms with van der Waals surface area (Å²) in [4.78, 5) is 25.1. The molecule has 5 nitrogen and oxygen atoms in total. The number of carbonyl (C=O) groups excluding carboxylic acids is 1. The first-order valence-corrected chi connectivity index (χ1v) is 9.41. The average Bonchev–Trinajstić information content (AvgIpc) is 3.11. The number of hydrogen-bond donors (Lipinski definition) is 0. The number of likely N-dealkylation sites (tertiary alicyclic amines) is 1. The van der Waals surface area contributed by atoms with Crippen molar-refractivity contribution in [1.82, 2.24) is 14.9 Å². The molecular weight excluding hydrogens is 327 g/mol. The Hall–Kier alpha value is -1.76. The maximum atomic E-state index is 12.9. The fourth-order valence-electron chi connectivity index (χ4n) is 4.23. The zero-order valence-electron chi connectivity index (χ0n) is 13.6. The van der Waals surface area contributed by atoms with Crippen LogP contribution in [0.2, 0.25) is 0 Å². The second-order valence-corrected chi connectivity index (χ2v) is 7.55. The zero-order valence-corrected chi connectivity index (χ0v) is 14.4. The van der Waals surface area contributed by atoms with Crippen LogP contribution >= 0.6 is 11.3 Å². The van der Waals surface area contributed by atoms with Crippen LogP contribution in [0.4, 0.5) is 10.2 Å². The number of rotatable bonds is 3. The van der Waals surface area contributed by atoms with Gasteiger partial charge in [0.05, 0.1) is 10.2 Å². The van der Waals surface area contributed by atoms with Crippen LogP contribution in [0.15, 0.2) is 17.8 Å². The largest absolute Gasteiger partial charge is 0.355 e. The van der Waals surface area contributed by atoms with E-state index in [2.05, 4.69) is 14.9 Å². The lowest BCUT2D eigenvalue weighted by atomic mass is 9.88. The Morgan fingerprint density at radius 1 is 1.25 bits per heavy atom. The van der Waals surface area contributed by atoms with E-state index in [4.69, 9.17) is 0 Å². The van der Waals surface area contributed by atoms with Crippen molar-refractivity contribution in [2.24, 2.45) is 0 Å². The molecule has 2 aliphatic heterocycles. The van der Waals surface area contributed by atoms with Gasteiger partial charge in [0, 0.05) is 31.6 Å². The highest BCUT2D eigenvalue weighted by atomic mass is 32.1. The molecule has 0 aliphatic carbocycles. The van der Waals surface area contributed by atoms with Gasteiger partial charge in [-0.15, -0.1) is 11.3 Å². The van der Waals surface area contributed by atoms with E-state index in [0.29, 0.717) is 6.42 Å². The summed E-state index contributed by atoms with van der Waals surface area (Å²) in [6, 6.07) is 2.02. The van der Waals surface area contributed by atoms with Crippen LogP contribution in [-0.4, -0.2) is 52.6 Å². The number of aromatic nitrogens is 2. The quantitative estimate of drug-likeness (QED) is 0.856. The van der Waals surface area contributed by atoms with Crippen molar-refractivity contribution >= 4 is 33.3 Å². The molecular formula is C17H21FN4OS. The van der Waals surface area contributed by atoms with Crippen molar-refractivity contribution in [1.29, 1.82) is 0 Å². The molecule has 0 radical (unpaired) electrons. The predicted octanol–water partition coefficient (Wildman–Crippen LogP) is 3.01. The average molecular weight is 348 g/mol. The molecule has 4 heterocycles. The molecule has 1 atom stereocenters. The molecule has 2 aliphatic rings. The van der Waals surface area contributed by atoms with E-state index >= 15 is 0 Å². The van der Waals surface area contributed by atoms with Gasteiger partial charge < -0.3 is 9.80 Å². The van der Waals surface area contributed by atoms with E-state index in [1.807, 2.05) is 16.3 Å². The van der Waals surface area contributed by atoms with Crippen LogP contribution in [0.25, 0.3) is 10.2 Å². The van der Waals surface area contributed by atoms with Crippen molar-refractivity contribution in [2.45, 2.75) is 37.6 Å². The van der Waals surface area contributed by atoms with Gasteiger partial charge in [-0.3, -0.25) is 4.79 Å². The molecule has 1 unspecified atom stereocenters. The lowest BCUT2D eigenvalue weighted by molar-refractivity contribution is -0.131. The first-order chi connectivity index (χ1) is 11.7. The van der Waals surface area contributed by atoms with Crippen LogP contribution in [0.5, 0.6) is 0 Å². The van der Waals surface area contributed by atoms with Crippen LogP contribution in [0.3, 0.4) is 0 Å². The van der Waals surface area contributed by atoms with Gasteiger partial charge in [0.15, 0.2) is 0 Å². The molecule has 2 aromatic rings. The molecule has 128 valence electrons. The number of nitrogens with zero attached hydrogens (tertiary/aromatic N) is 4. The SMILES string of the molecule is O=C1CCC2(CCCN(c3ncnc4ccsc34)CC2)N1CCF. The third kappa shape index (κ3) is 2.55. The summed E-state index contributed by atoms with van der Waals surface area (Å²) in [6.45, 7) is 1.55. The summed E-state index contributed by atoms with van der Waals surface area (Å²) in [5, 5.41) is 2.04. The van der Waals surface area contributed by atoms with E-state index in [-0.39, 0.29) is 18.0 Å².